The lowest BCUT2D eigenvalue weighted by Crippen LogP contribution is -2.45. The molecule has 0 aromatic heterocycles. The van der Waals surface area contributed by atoms with Crippen LogP contribution in [0.5, 0.6) is 0 Å². The summed E-state index contributed by atoms with van der Waals surface area (Å²) in [5.74, 6) is -0.578. The van der Waals surface area contributed by atoms with Gasteiger partial charge in [0.25, 0.3) is 0 Å². The summed E-state index contributed by atoms with van der Waals surface area (Å²) >= 11 is 0. The highest BCUT2D eigenvalue weighted by molar-refractivity contribution is 6.22. The minimum atomic E-state index is -4.50. The third-order valence-electron chi connectivity index (χ3n) is 6.08. The zero-order valence-corrected chi connectivity index (χ0v) is 13.2. The summed E-state index contributed by atoms with van der Waals surface area (Å²) in [6, 6.07) is 4.51. The lowest BCUT2D eigenvalue weighted by molar-refractivity contribution is -0.137. The van der Waals surface area contributed by atoms with Crippen molar-refractivity contribution in [3.8, 4) is 0 Å². The number of carbonyl (C=O) groups is 2. The van der Waals surface area contributed by atoms with Crippen molar-refractivity contribution >= 4 is 17.5 Å². The van der Waals surface area contributed by atoms with Crippen LogP contribution in [0.4, 0.5) is 18.9 Å². The number of amides is 2. The molecule has 3 saturated carbocycles. The Labute approximate surface area is 137 Å². The van der Waals surface area contributed by atoms with Crippen molar-refractivity contribution in [1.29, 1.82) is 0 Å². The Hall–Kier alpha value is -1.85. The van der Waals surface area contributed by atoms with E-state index in [1.165, 1.54) is 12.1 Å². The second-order valence-electron chi connectivity index (χ2n) is 7.33. The summed E-state index contributed by atoms with van der Waals surface area (Å²) in [5.41, 5.74) is -0.798. The standard InChI is InChI=1S/C18H18F3NO2/c1-9-7-10-5-6-13(9)15-14(10)16(23)22(17(15)24)12-4-2-3-11(8-12)18(19,20)21/h2-4,8-10,13-15H,5-7H2,1H3/t9-,10+,13-,14+,15-/m0/s1. The van der Waals surface area contributed by atoms with Crippen molar-refractivity contribution in [2.45, 2.75) is 32.4 Å². The van der Waals surface area contributed by atoms with Gasteiger partial charge in [-0.05, 0) is 55.2 Å². The predicted octanol–water partition coefficient (Wildman–Crippen LogP) is 3.88. The van der Waals surface area contributed by atoms with Crippen molar-refractivity contribution in [1.82, 2.24) is 0 Å². The van der Waals surface area contributed by atoms with E-state index >= 15 is 0 Å². The molecule has 0 radical (unpaired) electrons. The van der Waals surface area contributed by atoms with Gasteiger partial charge in [0.05, 0.1) is 23.1 Å². The molecule has 6 heteroatoms. The lowest BCUT2D eigenvalue weighted by Gasteiger charge is -2.46. The Bertz CT molecular complexity index is 714. The third kappa shape index (κ3) is 2.11. The van der Waals surface area contributed by atoms with Crippen LogP contribution in [0.15, 0.2) is 24.3 Å². The number of nitrogens with zero attached hydrogens (tertiary/aromatic N) is 1. The van der Waals surface area contributed by atoms with Crippen LogP contribution in [-0.2, 0) is 15.8 Å². The first kappa shape index (κ1) is 15.7. The van der Waals surface area contributed by atoms with Gasteiger partial charge in [0.15, 0.2) is 0 Å². The van der Waals surface area contributed by atoms with Crippen LogP contribution in [0.25, 0.3) is 0 Å². The summed E-state index contributed by atoms with van der Waals surface area (Å²) in [6.45, 7) is 2.11. The smallest absolute Gasteiger partial charge is 0.274 e. The normalized spacial score (nSPS) is 35.5. The molecule has 5 rings (SSSR count). The van der Waals surface area contributed by atoms with Gasteiger partial charge < -0.3 is 0 Å². The molecule has 1 saturated heterocycles. The van der Waals surface area contributed by atoms with Crippen molar-refractivity contribution in [2.75, 3.05) is 4.90 Å². The lowest BCUT2D eigenvalue weighted by atomic mass is 9.56. The van der Waals surface area contributed by atoms with E-state index in [-0.39, 0.29) is 41.2 Å². The van der Waals surface area contributed by atoms with Gasteiger partial charge in [-0.2, -0.15) is 13.2 Å². The maximum Gasteiger partial charge on any atom is 0.416 e. The Kier molecular flexibility index (Phi) is 3.31. The topological polar surface area (TPSA) is 37.4 Å². The summed E-state index contributed by atoms with van der Waals surface area (Å²) < 4.78 is 38.8. The molecule has 1 aromatic carbocycles. The Morgan fingerprint density at radius 1 is 1.08 bits per heavy atom. The Morgan fingerprint density at radius 3 is 2.46 bits per heavy atom. The first-order chi connectivity index (χ1) is 11.3. The SMILES string of the molecule is C[C@H]1C[C@H]2CC[C@@H]1[C@@H]1C(=O)N(c3cccc(C(F)(F)F)c3)C(=O)[C@H]21. The van der Waals surface area contributed by atoms with Gasteiger partial charge in [0, 0.05) is 0 Å². The molecule has 4 aliphatic rings. The third-order valence-corrected chi connectivity index (χ3v) is 6.08. The van der Waals surface area contributed by atoms with Crippen molar-refractivity contribution in [3.05, 3.63) is 29.8 Å². The molecule has 0 N–H and O–H groups in total. The zero-order chi connectivity index (χ0) is 17.2. The number of rotatable bonds is 1. The van der Waals surface area contributed by atoms with Gasteiger partial charge in [-0.25, -0.2) is 0 Å². The van der Waals surface area contributed by atoms with E-state index < -0.39 is 11.7 Å². The highest BCUT2D eigenvalue weighted by atomic mass is 19.4. The van der Waals surface area contributed by atoms with E-state index in [0.29, 0.717) is 5.92 Å². The molecular formula is C18H18F3NO2. The van der Waals surface area contributed by atoms with Crippen LogP contribution >= 0.6 is 0 Å². The Balaban J connectivity index is 1.73. The predicted molar refractivity (Wildman–Crippen MR) is 80.9 cm³/mol. The fourth-order valence-electron chi connectivity index (χ4n) is 5.05. The number of fused-ring (bicyclic) bond motifs is 2. The number of hydrogen-bond acceptors (Lipinski definition) is 2. The van der Waals surface area contributed by atoms with Crippen LogP contribution in [0.2, 0.25) is 0 Å². The number of anilines is 1. The highest BCUT2D eigenvalue weighted by Crippen LogP contribution is 2.55. The maximum absolute atomic E-state index is 12.9. The van der Waals surface area contributed by atoms with Crippen LogP contribution in [0, 0.1) is 29.6 Å². The average molecular weight is 337 g/mol. The molecule has 1 aromatic rings. The largest absolute Gasteiger partial charge is 0.416 e. The van der Waals surface area contributed by atoms with Crippen LogP contribution in [0.3, 0.4) is 0 Å². The van der Waals surface area contributed by atoms with E-state index in [1.54, 1.807) is 0 Å². The molecule has 1 aliphatic heterocycles. The summed E-state index contributed by atoms with van der Waals surface area (Å²) in [6.07, 6.45) is -1.70. The second kappa shape index (κ2) is 5.07. The summed E-state index contributed by atoms with van der Waals surface area (Å²) in [5, 5.41) is 0. The minimum Gasteiger partial charge on any atom is -0.274 e. The molecule has 0 unspecified atom stereocenters. The van der Waals surface area contributed by atoms with Crippen LogP contribution in [0.1, 0.15) is 31.7 Å². The van der Waals surface area contributed by atoms with E-state index in [0.717, 1.165) is 36.3 Å². The Morgan fingerprint density at radius 2 is 1.79 bits per heavy atom. The number of carbonyl (C=O) groups excluding carboxylic acids is 2. The van der Waals surface area contributed by atoms with Crippen LogP contribution in [-0.4, -0.2) is 11.8 Å². The van der Waals surface area contributed by atoms with E-state index in [2.05, 4.69) is 6.92 Å². The van der Waals surface area contributed by atoms with Gasteiger partial charge in [-0.15, -0.1) is 0 Å². The van der Waals surface area contributed by atoms with E-state index in [9.17, 15) is 22.8 Å². The molecule has 24 heavy (non-hydrogen) atoms. The van der Waals surface area contributed by atoms with Crippen molar-refractivity contribution in [3.63, 3.8) is 0 Å². The summed E-state index contributed by atoms with van der Waals surface area (Å²) in [7, 11) is 0. The molecule has 2 amide bonds. The van der Waals surface area contributed by atoms with Gasteiger partial charge in [0.1, 0.15) is 0 Å². The molecule has 3 aliphatic carbocycles. The van der Waals surface area contributed by atoms with Crippen molar-refractivity contribution < 1.29 is 22.8 Å². The van der Waals surface area contributed by atoms with Crippen LogP contribution < -0.4 is 4.90 Å². The molecule has 0 spiro atoms. The summed E-state index contributed by atoms with van der Waals surface area (Å²) in [4.78, 5) is 26.7. The second-order valence-corrected chi connectivity index (χ2v) is 7.33. The molecule has 3 nitrogen and oxygen atoms in total. The van der Waals surface area contributed by atoms with Gasteiger partial charge in [0.2, 0.25) is 11.8 Å². The molecule has 4 fully saturated rings. The van der Waals surface area contributed by atoms with E-state index in [4.69, 9.17) is 0 Å². The number of benzene rings is 1. The number of imide groups is 1. The molecular weight excluding hydrogens is 319 g/mol. The number of hydrogen-bond donors (Lipinski definition) is 0. The van der Waals surface area contributed by atoms with Gasteiger partial charge in [-0.3, -0.25) is 14.5 Å². The molecule has 2 bridgehead atoms. The molecule has 1 heterocycles. The quantitative estimate of drug-likeness (QED) is 0.730. The zero-order valence-electron chi connectivity index (χ0n) is 13.2. The van der Waals surface area contributed by atoms with Crippen molar-refractivity contribution in [2.24, 2.45) is 29.6 Å². The monoisotopic (exact) mass is 337 g/mol. The first-order valence-electron chi connectivity index (χ1n) is 8.34. The maximum atomic E-state index is 12.9. The fourth-order valence-corrected chi connectivity index (χ4v) is 5.05. The minimum absolute atomic E-state index is 0.0429. The molecule has 128 valence electrons. The van der Waals surface area contributed by atoms with Gasteiger partial charge in [-0.1, -0.05) is 13.0 Å². The highest BCUT2D eigenvalue weighted by Gasteiger charge is 2.60. The average Bonchev–Trinajstić information content (AvgIpc) is 2.80. The molecule has 5 atom stereocenters. The number of halogens is 3. The fraction of sp³-hybridized carbons (Fsp3) is 0.556. The number of alkyl halides is 3. The first-order valence-corrected chi connectivity index (χ1v) is 8.34. The van der Waals surface area contributed by atoms with E-state index in [1.807, 2.05) is 0 Å². The van der Waals surface area contributed by atoms with Gasteiger partial charge >= 0.3 is 6.18 Å².